The second-order valence-corrected chi connectivity index (χ2v) is 2.71. The van der Waals surface area contributed by atoms with Gasteiger partial charge in [-0.25, -0.2) is 0 Å². The van der Waals surface area contributed by atoms with Crippen molar-refractivity contribution in [2.45, 2.75) is 6.10 Å². The van der Waals surface area contributed by atoms with Crippen molar-refractivity contribution < 1.29 is 4.18 Å². The first-order chi connectivity index (χ1) is 6.77. The van der Waals surface area contributed by atoms with Crippen molar-refractivity contribution in [3.05, 3.63) is 29.8 Å². The van der Waals surface area contributed by atoms with E-state index in [2.05, 4.69) is 35.5 Å². The molecule has 1 rings (SSSR count). The third-order valence-electron chi connectivity index (χ3n) is 1.65. The largest absolute Gasteiger partial charge is 0.399 e. The molecular formula is C9H15IN2OS. The molecule has 14 heavy (non-hydrogen) atoms. The minimum atomic E-state index is -0.158. The average molecular weight is 326 g/mol. The Labute approximate surface area is 104 Å². The van der Waals surface area contributed by atoms with Crippen LogP contribution in [0.5, 0.6) is 0 Å². The van der Waals surface area contributed by atoms with Gasteiger partial charge in [0.05, 0.1) is 0 Å². The van der Waals surface area contributed by atoms with E-state index in [0.29, 0.717) is 6.54 Å². The van der Waals surface area contributed by atoms with Gasteiger partial charge in [0, 0.05) is 12.2 Å². The highest BCUT2D eigenvalue weighted by Crippen LogP contribution is 2.18. The predicted molar refractivity (Wildman–Crippen MR) is 72.7 cm³/mol. The molecule has 1 aromatic rings. The Kier molecular flexibility index (Phi) is 8.35. The highest BCUT2D eigenvalue weighted by Gasteiger charge is 2.07. The number of nitrogen functional groups attached to an aromatic ring is 1. The number of hydrogen-bond acceptors (Lipinski definition) is 4. The molecule has 1 unspecified atom stereocenters. The van der Waals surface area contributed by atoms with Crippen LogP contribution in [-0.2, 0) is 4.18 Å². The topological polar surface area (TPSA) is 61.3 Å². The molecule has 4 N–H and O–H groups in total. The van der Waals surface area contributed by atoms with Gasteiger partial charge in [-0.2, -0.15) is 0 Å². The molecule has 0 aliphatic rings. The van der Waals surface area contributed by atoms with Gasteiger partial charge >= 0.3 is 0 Å². The highest BCUT2D eigenvalue weighted by atomic mass is 127. The van der Waals surface area contributed by atoms with E-state index in [-0.39, 0.29) is 6.10 Å². The molecule has 0 amide bonds. The van der Waals surface area contributed by atoms with Gasteiger partial charge in [0.25, 0.3) is 0 Å². The van der Waals surface area contributed by atoms with Crippen molar-refractivity contribution in [3.8, 4) is 0 Å². The van der Waals surface area contributed by atoms with Crippen LogP contribution in [0.4, 0.5) is 5.69 Å². The van der Waals surface area contributed by atoms with E-state index >= 15 is 0 Å². The summed E-state index contributed by atoms with van der Waals surface area (Å²) in [5, 5.41) is 0. The van der Waals surface area contributed by atoms with Crippen molar-refractivity contribution in [3.63, 3.8) is 0 Å². The van der Waals surface area contributed by atoms with E-state index < -0.39 is 0 Å². The van der Waals surface area contributed by atoms with Crippen LogP contribution in [0.25, 0.3) is 0 Å². The van der Waals surface area contributed by atoms with Crippen molar-refractivity contribution in [1.29, 1.82) is 0 Å². The summed E-state index contributed by atoms with van der Waals surface area (Å²) >= 11 is 5.87. The second kappa shape index (κ2) is 8.34. The van der Waals surface area contributed by atoms with E-state index in [1.54, 1.807) is 0 Å². The van der Waals surface area contributed by atoms with Crippen LogP contribution in [0.15, 0.2) is 24.3 Å². The molecule has 0 saturated carbocycles. The summed E-state index contributed by atoms with van der Waals surface area (Å²) in [6.45, 7) is 0.410. The second-order valence-electron chi connectivity index (χ2n) is 2.50. The maximum absolute atomic E-state index is 5.52. The summed E-state index contributed by atoms with van der Waals surface area (Å²) in [6.07, 6.45) is -0.158. The van der Waals surface area contributed by atoms with Gasteiger partial charge in [-0.3, -0.25) is 0 Å². The molecule has 1 aromatic carbocycles. The fourth-order valence-electron chi connectivity index (χ4n) is 0.951. The lowest BCUT2D eigenvalue weighted by molar-refractivity contribution is 0.263. The number of hydrogen-bond donors (Lipinski definition) is 3. The summed E-state index contributed by atoms with van der Waals surface area (Å²) in [7, 11) is 0. The smallest absolute Gasteiger partial charge is 0.109 e. The minimum absolute atomic E-state index is 0.158. The molecule has 3 nitrogen and oxygen atoms in total. The number of benzene rings is 1. The van der Waals surface area contributed by atoms with Gasteiger partial charge in [-0.1, -0.05) is 34.7 Å². The Morgan fingerprint density at radius 2 is 1.86 bits per heavy atom. The lowest BCUT2D eigenvalue weighted by Gasteiger charge is -2.11. The predicted octanol–water partition coefficient (Wildman–Crippen LogP) is 2.18. The summed E-state index contributed by atoms with van der Waals surface area (Å²) in [4.78, 5) is 1.97. The van der Waals surface area contributed by atoms with Crippen molar-refractivity contribution in [1.82, 2.24) is 0 Å². The number of halogens is 1. The Morgan fingerprint density at radius 1 is 1.36 bits per heavy atom. The van der Waals surface area contributed by atoms with Gasteiger partial charge < -0.3 is 15.7 Å². The van der Waals surface area contributed by atoms with Gasteiger partial charge in [0.15, 0.2) is 0 Å². The Balaban J connectivity index is 0.000000791. The number of alkyl halides is 1. The van der Waals surface area contributed by atoms with Crippen LogP contribution >= 0.6 is 35.5 Å². The molecule has 0 saturated heterocycles. The first-order valence-corrected chi connectivity index (χ1v) is 6.53. The molecule has 80 valence electrons. The maximum Gasteiger partial charge on any atom is 0.109 e. The molecular weight excluding hydrogens is 311 g/mol. The van der Waals surface area contributed by atoms with E-state index in [1.807, 2.05) is 29.2 Å². The number of nitrogens with two attached hydrogens (primary N) is 2. The van der Waals surface area contributed by atoms with Crippen molar-refractivity contribution in [2.24, 2.45) is 5.73 Å². The standard InChI is InChI=1S/C8H12N2OS.CH3I/c9-5-8(11-12)6-1-3-7(10)4-2-6;1-2/h1-4,8,12H,5,9-10H2;1H3. The van der Waals surface area contributed by atoms with Gasteiger partial charge in [-0.15, -0.1) is 0 Å². The Bertz CT molecular complexity index is 239. The van der Waals surface area contributed by atoms with Crippen LogP contribution in [0, 0.1) is 0 Å². The fourth-order valence-corrected chi connectivity index (χ4v) is 1.16. The van der Waals surface area contributed by atoms with Crippen molar-refractivity contribution >= 4 is 41.2 Å². The lowest BCUT2D eigenvalue weighted by Crippen LogP contribution is -2.12. The Hall–Kier alpha value is 0.0200. The average Bonchev–Trinajstić information content (AvgIpc) is 2.25. The minimum Gasteiger partial charge on any atom is -0.399 e. The SMILES string of the molecule is CI.NCC(OS)c1ccc(N)cc1. The molecule has 0 radical (unpaired) electrons. The monoisotopic (exact) mass is 326 g/mol. The lowest BCUT2D eigenvalue weighted by atomic mass is 10.1. The van der Waals surface area contributed by atoms with E-state index in [9.17, 15) is 0 Å². The highest BCUT2D eigenvalue weighted by molar-refractivity contribution is 14.1. The van der Waals surface area contributed by atoms with Crippen LogP contribution in [0.3, 0.4) is 0 Å². The number of anilines is 1. The van der Waals surface area contributed by atoms with E-state index in [1.165, 1.54) is 0 Å². The molecule has 0 aliphatic carbocycles. The molecule has 1 atom stereocenters. The van der Waals surface area contributed by atoms with Crippen LogP contribution < -0.4 is 11.5 Å². The van der Waals surface area contributed by atoms with Crippen LogP contribution in [0.1, 0.15) is 11.7 Å². The molecule has 0 heterocycles. The number of rotatable bonds is 3. The summed E-state index contributed by atoms with van der Waals surface area (Å²) in [5.41, 5.74) is 12.7. The molecule has 0 aromatic heterocycles. The Morgan fingerprint density at radius 3 is 2.21 bits per heavy atom. The van der Waals surface area contributed by atoms with E-state index in [0.717, 1.165) is 11.3 Å². The molecule has 5 heteroatoms. The zero-order valence-electron chi connectivity index (χ0n) is 7.98. The molecule has 0 fully saturated rings. The van der Waals surface area contributed by atoms with Gasteiger partial charge in [-0.05, 0) is 35.5 Å². The summed E-state index contributed by atoms with van der Waals surface area (Å²) in [6, 6.07) is 7.38. The van der Waals surface area contributed by atoms with Gasteiger partial charge in [0.1, 0.15) is 6.10 Å². The normalized spacial score (nSPS) is 11.4. The fraction of sp³-hybridized carbons (Fsp3) is 0.333. The molecule has 0 bridgehead atoms. The first kappa shape index (κ1) is 14.0. The van der Waals surface area contributed by atoms with Crippen LogP contribution in [0.2, 0.25) is 0 Å². The zero-order chi connectivity index (χ0) is 11.0. The quantitative estimate of drug-likeness (QED) is 0.262. The molecule has 0 aliphatic heterocycles. The summed E-state index contributed by atoms with van der Waals surface area (Å²) < 4.78 is 4.85. The number of thiol groups is 1. The third kappa shape index (κ3) is 4.50. The maximum atomic E-state index is 5.52. The summed E-state index contributed by atoms with van der Waals surface area (Å²) in [5.74, 6) is 0. The van der Waals surface area contributed by atoms with Crippen LogP contribution in [-0.4, -0.2) is 11.5 Å². The first-order valence-electron chi connectivity index (χ1n) is 4.01. The van der Waals surface area contributed by atoms with Crippen molar-refractivity contribution in [2.75, 3.05) is 17.2 Å². The van der Waals surface area contributed by atoms with Gasteiger partial charge in [0.2, 0.25) is 0 Å². The third-order valence-corrected chi connectivity index (χ3v) is 1.90. The molecule has 0 spiro atoms. The zero-order valence-corrected chi connectivity index (χ0v) is 11.0. The van der Waals surface area contributed by atoms with E-state index in [4.69, 9.17) is 15.7 Å².